The van der Waals surface area contributed by atoms with Gasteiger partial charge in [0.05, 0.1) is 0 Å². The number of rotatable bonds is 4. The van der Waals surface area contributed by atoms with Crippen LogP contribution in [0.1, 0.15) is 24.8 Å². The molecule has 1 aliphatic rings. The number of aromatic nitrogens is 1. The summed E-state index contributed by atoms with van der Waals surface area (Å²) in [6.45, 7) is 1.24. The molecule has 2 rings (SSSR count). The Bertz CT molecular complexity index is 308. The molecule has 2 unspecified atom stereocenters. The van der Waals surface area contributed by atoms with Gasteiger partial charge in [-0.1, -0.05) is 6.42 Å². The second-order valence-corrected chi connectivity index (χ2v) is 4.55. The Morgan fingerprint density at radius 2 is 2.40 bits per heavy atom. The van der Waals surface area contributed by atoms with Crippen molar-refractivity contribution >= 4 is 0 Å². The van der Waals surface area contributed by atoms with E-state index in [-0.39, 0.29) is 0 Å². The minimum absolute atomic E-state index is 0.326. The topological polar surface area (TPSA) is 37.2 Å². The maximum absolute atomic E-state index is 9.19. The molecule has 1 aliphatic carbocycles. The van der Waals surface area contributed by atoms with Crippen molar-refractivity contribution < 1.29 is 5.11 Å². The second-order valence-electron chi connectivity index (χ2n) is 4.55. The average molecular weight is 208 g/mol. The predicted molar refractivity (Wildman–Crippen MR) is 60.5 cm³/mol. The van der Waals surface area contributed by atoms with Crippen molar-refractivity contribution in [3.05, 3.63) is 24.0 Å². The number of nitrogens with zero attached hydrogens (tertiary/aromatic N) is 1. The number of hydrogen-bond acceptors (Lipinski definition) is 2. The first kappa shape index (κ1) is 10.7. The highest BCUT2D eigenvalue weighted by atomic mass is 16.3. The first-order chi connectivity index (χ1) is 7.29. The molecule has 0 aromatic carbocycles. The Kier molecular flexibility index (Phi) is 3.44. The molecule has 0 bridgehead atoms. The molecule has 84 valence electrons. The van der Waals surface area contributed by atoms with Crippen molar-refractivity contribution in [2.75, 3.05) is 6.61 Å². The standard InChI is InChI=1S/C12H20N2O/c1-14-6-5-10(8-14)7-13-12-4-2-3-11(12)9-15/h5-6,8,11-13,15H,2-4,7,9H2,1H3. The van der Waals surface area contributed by atoms with Gasteiger partial charge >= 0.3 is 0 Å². The monoisotopic (exact) mass is 208 g/mol. The van der Waals surface area contributed by atoms with E-state index in [4.69, 9.17) is 0 Å². The fraction of sp³-hybridized carbons (Fsp3) is 0.667. The molecule has 0 amide bonds. The van der Waals surface area contributed by atoms with Crippen molar-refractivity contribution in [1.29, 1.82) is 0 Å². The highest BCUT2D eigenvalue weighted by molar-refractivity contribution is 5.09. The third-order valence-corrected chi connectivity index (χ3v) is 3.36. The number of aliphatic hydroxyl groups is 1. The smallest absolute Gasteiger partial charge is 0.0474 e. The van der Waals surface area contributed by atoms with E-state index in [1.165, 1.54) is 24.8 Å². The molecule has 0 spiro atoms. The van der Waals surface area contributed by atoms with E-state index in [2.05, 4.69) is 28.3 Å². The fourth-order valence-electron chi connectivity index (χ4n) is 2.44. The minimum atomic E-state index is 0.326. The summed E-state index contributed by atoms with van der Waals surface area (Å²) in [7, 11) is 2.04. The van der Waals surface area contributed by atoms with Crippen LogP contribution in [-0.2, 0) is 13.6 Å². The molecule has 0 aliphatic heterocycles. The van der Waals surface area contributed by atoms with Gasteiger partial charge in [-0.15, -0.1) is 0 Å². The van der Waals surface area contributed by atoms with Gasteiger partial charge in [-0.05, 0) is 30.4 Å². The van der Waals surface area contributed by atoms with E-state index in [0.717, 1.165) is 6.54 Å². The molecule has 1 saturated carbocycles. The molecule has 3 heteroatoms. The third kappa shape index (κ3) is 2.61. The van der Waals surface area contributed by atoms with Crippen LogP contribution in [0.25, 0.3) is 0 Å². The van der Waals surface area contributed by atoms with Crippen LogP contribution >= 0.6 is 0 Å². The van der Waals surface area contributed by atoms with Crippen molar-refractivity contribution in [1.82, 2.24) is 9.88 Å². The number of nitrogens with one attached hydrogen (secondary N) is 1. The zero-order chi connectivity index (χ0) is 10.7. The molecule has 2 atom stereocenters. The van der Waals surface area contributed by atoms with Gasteiger partial charge in [-0.2, -0.15) is 0 Å². The molecule has 3 nitrogen and oxygen atoms in total. The zero-order valence-corrected chi connectivity index (χ0v) is 9.32. The van der Waals surface area contributed by atoms with Gasteiger partial charge in [0.15, 0.2) is 0 Å². The lowest BCUT2D eigenvalue weighted by atomic mass is 10.1. The van der Waals surface area contributed by atoms with Gasteiger partial charge in [0, 0.05) is 38.6 Å². The fourth-order valence-corrected chi connectivity index (χ4v) is 2.44. The summed E-state index contributed by atoms with van der Waals surface area (Å²) in [5.74, 6) is 0.466. The molecular weight excluding hydrogens is 188 g/mol. The van der Waals surface area contributed by atoms with Crippen molar-refractivity contribution in [3.8, 4) is 0 Å². The number of aliphatic hydroxyl groups excluding tert-OH is 1. The van der Waals surface area contributed by atoms with Gasteiger partial charge in [0.2, 0.25) is 0 Å². The van der Waals surface area contributed by atoms with E-state index in [1.807, 2.05) is 7.05 Å². The van der Waals surface area contributed by atoms with Crippen molar-refractivity contribution in [2.24, 2.45) is 13.0 Å². The van der Waals surface area contributed by atoms with Crippen LogP contribution in [0, 0.1) is 5.92 Å². The molecule has 1 heterocycles. The summed E-state index contributed by atoms with van der Waals surface area (Å²) in [4.78, 5) is 0. The Hall–Kier alpha value is -0.800. The van der Waals surface area contributed by atoms with E-state index in [0.29, 0.717) is 18.6 Å². The molecular formula is C12H20N2O. The van der Waals surface area contributed by atoms with Crippen LogP contribution in [0.3, 0.4) is 0 Å². The quantitative estimate of drug-likeness (QED) is 0.782. The largest absolute Gasteiger partial charge is 0.396 e. The Balaban J connectivity index is 1.82. The Morgan fingerprint density at radius 3 is 3.07 bits per heavy atom. The minimum Gasteiger partial charge on any atom is -0.396 e. The second kappa shape index (κ2) is 4.81. The van der Waals surface area contributed by atoms with Gasteiger partial charge < -0.3 is 15.0 Å². The summed E-state index contributed by atoms with van der Waals surface area (Å²) in [5.41, 5.74) is 1.32. The normalized spacial score (nSPS) is 26.0. The molecule has 2 N–H and O–H groups in total. The lowest BCUT2D eigenvalue weighted by Gasteiger charge is -2.18. The van der Waals surface area contributed by atoms with Gasteiger partial charge in [-0.3, -0.25) is 0 Å². The summed E-state index contributed by atoms with van der Waals surface area (Å²) in [6, 6.07) is 2.64. The summed E-state index contributed by atoms with van der Waals surface area (Å²) in [6.07, 6.45) is 7.82. The molecule has 0 radical (unpaired) electrons. The van der Waals surface area contributed by atoms with Crippen LogP contribution < -0.4 is 5.32 Å². The van der Waals surface area contributed by atoms with Crippen molar-refractivity contribution in [3.63, 3.8) is 0 Å². The van der Waals surface area contributed by atoms with Crippen LogP contribution in [0.15, 0.2) is 18.5 Å². The average Bonchev–Trinajstić information content (AvgIpc) is 2.83. The van der Waals surface area contributed by atoms with Gasteiger partial charge in [0.1, 0.15) is 0 Å². The Labute approximate surface area is 91.1 Å². The number of hydrogen-bond donors (Lipinski definition) is 2. The lowest BCUT2D eigenvalue weighted by molar-refractivity contribution is 0.205. The lowest BCUT2D eigenvalue weighted by Crippen LogP contribution is -2.33. The van der Waals surface area contributed by atoms with E-state index >= 15 is 0 Å². The first-order valence-electron chi connectivity index (χ1n) is 5.74. The van der Waals surface area contributed by atoms with Crippen LogP contribution in [0.2, 0.25) is 0 Å². The van der Waals surface area contributed by atoms with Crippen LogP contribution in [0.4, 0.5) is 0 Å². The SMILES string of the molecule is Cn1ccc(CNC2CCCC2CO)c1. The van der Waals surface area contributed by atoms with Crippen molar-refractivity contribution in [2.45, 2.75) is 31.8 Å². The summed E-state index contributed by atoms with van der Waals surface area (Å²) < 4.78 is 2.06. The Morgan fingerprint density at radius 1 is 1.53 bits per heavy atom. The molecule has 1 aromatic rings. The van der Waals surface area contributed by atoms with Gasteiger partial charge in [0.25, 0.3) is 0 Å². The highest BCUT2D eigenvalue weighted by Crippen LogP contribution is 2.25. The maximum atomic E-state index is 9.19. The molecule has 1 aromatic heterocycles. The third-order valence-electron chi connectivity index (χ3n) is 3.36. The van der Waals surface area contributed by atoms with Gasteiger partial charge in [-0.25, -0.2) is 0 Å². The predicted octanol–water partition coefficient (Wildman–Crippen LogP) is 1.28. The van der Waals surface area contributed by atoms with Crippen LogP contribution in [-0.4, -0.2) is 22.3 Å². The number of aryl methyl sites for hydroxylation is 1. The maximum Gasteiger partial charge on any atom is 0.0474 e. The van der Waals surface area contributed by atoms with E-state index in [9.17, 15) is 5.11 Å². The van der Waals surface area contributed by atoms with Crippen LogP contribution in [0.5, 0.6) is 0 Å². The molecule has 0 saturated heterocycles. The summed E-state index contributed by atoms with van der Waals surface area (Å²) in [5, 5.41) is 12.7. The molecule has 15 heavy (non-hydrogen) atoms. The van der Waals surface area contributed by atoms with E-state index < -0.39 is 0 Å². The molecule has 1 fully saturated rings. The first-order valence-corrected chi connectivity index (χ1v) is 5.74. The zero-order valence-electron chi connectivity index (χ0n) is 9.32. The van der Waals surface area contributed by atoms with E-state index in [1.54, 1.807) is 0 Å². The highest BCUT2D eigenvalue weighted by Gasteiger charge is 2.25. The summed E-state index contributed by atoms with van der Waals surface area (Å²) >= 11 is 0.